The van der Waals surface area contributed by atoms with E-state index in [-0.39, 0.29) is 0 Å². The highest BCUT2D eigenvalue weighted by atomic mass is 15.4. The lowest BCUT2D eigenvalue weighted by Crippen LogP contribution is -2.11. The maximum absolute atomic E-state index is 4.52. The van der Waals surface area contributed by atoms with Crippen LogP contribution in [-0.4, -0.2) is 34.6 Å². The molecule has 2 fully saturated rings. The molecule has 3 heterocycles. The Labute approximate surface area is 132 Å². The Bertz CT molecular complexity index is 871. The molecule has 118 valence electrons. The van der Waals surface area contributed by atoms with Crippen LogP contribution in [0.5, 0.6) is 0 Å². The first-order valence-electron chi connectivity index (χ1n) is 8.16. The van der Waals surface area contributed by atoms with E-state index in [1.54, 1.807) is 4.52 Å². The van der Waals surface area contributed by atoms with Gasteiger partial charge in [-0.2, -0.15) is 4.52 Å². The predicted octanol–water partition coefficient (Wildman–Crippen LogP) is 1.85. The molecule has 2 aliphatic rings. The van der Waals surface area contributed by atoms with Crippen LogP contribution in [-0.2, 0) is 6.54 Å². The Balaban J connectivity index is 1.40. The average Bonchev–Trinajstić information content (AvgIpc) is 3.50. The highest BCUT2D eigenvalue weighted by Crippen LogP contribution is 2.44. The van der Waals surface area contributed by atoms with Crippen molar-refractivity contribution in [2.75, 3.05) is 5.32 Å². The Morgan fingerprint density at radius 2 is 1.96 bits per heavy atom. The lowest BCUT2D eigenvalue weighted by atomic mass is 10.3. The van der Waals surface area contributed by atoms with Crippen molar-refractivity contribution in [2.45, 2.75) is 51.1 Å². The summed E-state index contributed by atoms with van der Waals surface area (Å²) in [5.74, 6) is 4.39. The van der Waals surface area contributed by atoms with Gasteiger partial charge in [-0.15, -0.1) is 25.5 Å². The summed E-state index contributed by atoms with van der Waals surface area (Å²) in [7, 11) is 0. The number of nitrogens with one attached hydrogen (secondary N) is 1. The summed E-state index contributed by atoms with van der Waals surface area (Å²) in [6, 6.07) is 4.44. The van der Waals surface area contributed by atoms with E-state index in [2.05, 4.69) is 35.4 Å². The third kappa shape index (κ3) is 2.25. The molecule has 3 aromatic heterocycles. The van der Waals surface area contributed by atoms with Crippen LogP contribution in [0.1, 0.15) is 55.1 Å². The van der Waals surface area contributed by atoms with Crippen molar-refractivity contribution >= 4 is 11.5 Å². The Kier molecular flexibility index (Phi) is 2.67. The molecule has 0 bridgehead atoms. The van der Waals surface area contributed by atoms with E-state index in [1.807, 2.05) is 19.1 Å². The first-order chi connectivity index (χ1) is 11.3. The second-order valence-electron chi connectivity index (χ2n) is 6.44. The number of hydrogen-bond acceptors (Lipinski definition) is 6. The van der Waals surface area contributed by atoms with E-state index in [1.165, 1.54) is 31.5 Å². The van der Waals surface area contributed by atoms with Crippen LogP contribution in [0, 0.1) is 6.92 Å². The second-order valence-corrected chi connectivity index (χ2v) is 6.44. The van der Waals surface area contributed by atoms with Crippen LogP contribution in [0.3, 0.4) is 0 Å². The summed E-state index contributed by atoms with van der Waals surface area (Å²) in [5.41, 5.74) is 0.755. The molecule has 0 aliphatic heterocycles. The average molecular weight is 310 g/mol. The lowest BCUT2D eigenvalue weighted by molar-refractivity contribution is 0.649. The van der Waals surface area contributed by atoms with Gasteiger partial charge in [-0.1, -0.05) is 0 Å². The molecule has 0 aromatic carbocycles. The van der Waals surface area contributed by atoms with Gasteiger partial charge in [-0.25, -0.2) is 0 Å². The van der Waals surface area contributed by atoms with Gasteiger partial charge in [0.15, 0.2) is 17.3 Å². The molecule has 23 heavy (non-hydrogen) atoms. The number of nitrogens with zero attached hydrogens (tertiary/aromatic N) is 7. The fraction of sp³-hybridized carbons (Fsp3) is 0.533. The van der Waals surface area contributed by atoms with Crippen molar-refractivity contribution in [1.29, 1.82) is 0 Å². The molecule has 5 rings (SSSR count). The Hall–Kier alpha value is -2.51. The van der Waals surface area contributed by atoms with Crippen molar-refractivity contribution in [2.24, 2.45) is 0 Å². The fourth-order valence-corrected chi connectivity index (χ4v) is 2.97. The van der Waals surface area contributed by atoms with Gasteiger partial charge >= 0.3 is 0 Å². The van der Waals surface area contributed by atoms with Crippen molar-refractivity contribution < 1.29 is 0 Å². The van der Waals surface area contributed by atoms with Gasteiger partial charge in [0.25, 0.3) is 0 Å². The normalized spacial score (nSPS) is 17.8. The van der Waals surface area contributed by atoms with E-state index in [9.17, 15) is 0 Å². The quantitative estimate of drug-likeness (QED) is 0.774. The number of aryl methyl sites for hydroxylation is 1. The van der Waals surface area contributed by atoms with Gasteiger partial charge in [-0.3, -0.25) is 0 Å². The Morgan fingerprint density at radius 1 is 1.09 bits per heavy atom. The zero-order chi connectivity index (χ0) is 15.4. The molecule has 0 spiro atoms. The van der Waals surface area contributed by atoms with Crippen LogP contribution in [0.4, 0.5) is 5.82 Å². The van der Waals surface area contributed by atoms with Crippen molar-refractivity contribution in [3.8, 4) is 0 Å². The van der Waals surface area contributed by atoms with Crippen LogP contribution in [0.15, 0.2) is 12.1 Å². The number of hydrogen-bond donors (Lipinski definition) is 1. The molecular weight excluding hydrogens is 292 g/mol. The van der Waals surface area contributed by atoms with E-state index in [0.29, 0.717) is 18.5 Å². The van der Waals surface area contributed by atoms with Crippen LogP contribution in [0.25, 0.3) is 5.65 Å². The first-order valence-corrected chi connectivity index (χ1v) is 8.16. The maximum Gasteiger partial charge on any atom is 0.178 e. The SMILES string of the molecule is Cc1nnc2ccc(NCc3nnc(C4CC4)n3C3CC3)nn12. The number of aromatic nitrogens is 7. The minimum atomic E-state index is 0.605. The van der Waals surface area contributed by atoms with E-state index < -0.39 is 0 Å². The van der Waals surface area contributed by atoms with Gasteiger partial charge in [0.1, 0.15) is 11.6 Å². The molecule has 2 saturated carbocycles. The van der Waals surface area contributed by atoms with E-state index >= 15 is 0 Å². The number of anilines is 1. The molecule has 8 heteroatoms. The lowest BCUT2D eigenvalue weighted by Gasteiger charge is -2.10. The zero-order valence-corrected chi connectivity index (χ0v) is 13.0. The summed E-state index contributed by atoms with van der Waals surface area (Å²) < 4.78 is 4.09. The summed E-state index contributed by atoms with van der Waals surface area (Å²) >= 11 is 0. The molecule has 1 N–H and O–H groups in total. The third-order valence-electron chi connectivity index (χ3n) is 4.49. The van der Waals surface area contributed by atoms with Crippen LogP contribution in [0.2, 0.25) is 0 Å². The summed E-state index contributed by atoms with van der Waals surface area (Å²) in [6.07, 6.45) is 5.00. The van der Waals surface area contributed by atoms with Crippen molar-refractivity contribution in [1.82, 2.24) is 34.6 Å². The van der Waals surface area contributed by atoms with Gasteiger partial charge in [0.05, 0.1) is 6.54 Å². The summed E-state index contributed by atoms with van der Waals surface area (Å²) in [4.78, 5) is 0. The van der Waals surface area contributed by atoms with Crippen molar-refractivity contribution in [3.05, 3.63) is 29.6 Å². The molecular formula is C15H18N8. The standard InChI is InChI=1S/C15H18N8/c1-9-17-18-13-7-6-12(21-23(9)13)16-8-14-19-20-15(10-2-3-10)22(14)11-4-5-11/h6-7,10-11H,2-5,8H2,1H3,(H,16,21). The molecule has 0 atom stereocenters. The molecule has 0 radical (unpaired) electrons. The van der Waals surface area contributed by atoms with Gasteiger partial charge in [-0.05, 0) is 44.7 Å². The molecule has 8 nitrogen and oxygen atoms in total. The molecule has 0 amide bonds. The van der Waals surface area contributed by atoms with Gasteiger partial charge in [0.2, 0.25) is 0 Å². The Morgan fingerprint density at radius 3 is 2.74 bits per heavy atom. The van der Waals surface area contributed by atoms with E-state index in [4.69, 9.17) is 0 Å². The number of rotatable bonds is 5. The number of fused-ring (bicyclic) bond motifs is 1. The van der Waals surface area contributed by atoms with Crippen LogP contribution >= 0.6 is 0 Å². The monoisotopic (exact) mass is 310 g/mol. The van der Waals surface area contributed by atoms with Crippen LogP contribution < -0.4 is 5.32 Å². The molecule has 3 aromatic rings. The highest BCUT2D eigenvalue weighted by molar-refractivity contribution is 5.43. The van der Waals surface area contributed by atoms with E-state index in [0.717, 1.165) is 23.1 Å². The maximum atomic E-state index is 4.52. The zero-order valence-electron chi connectivity index (χ0n) is 13.0. The largest absolute Gasteiger partial charge is 0.361 e. The third-order valence-corrected chi connectivity index (χ3v) is 4.49. The molecule has 0 unspecified atom stereocenters. The summed E-state index contributed by atoms with van der Waals surface area (Å²) in [5, 5.41) is 24.8. The van der Waals surface area contributed by atoms with Gasteiger partial charge in [0, 0.05) is 12.0 Å². The second kappa shape index (κ2) is 4.74. The molecule has 0 saturated heterocycles. The topological polar surface area (TPSA) is 85.8 Å². The van der Waals surface area contributed by atoms with Gasteiger partial charge < -0.3 is 9.88 Å². The molecule has 2 aliphatic carbocycles. The minimum Gasteiger partial charge on any atom is -0.361 e. The minimum absolute atomic E-state index is 0.605. The predicted molar refractivity (Wildman–Crippen MR) is 83.1 cm³/mol. The highest BCUT2D eigenvalue weighted by Gasteiger charge is 2.36. The first kappa shape index (κ1) is 13.0. The van der Waals surface area contributed by atoms with Crippen molar-refractivity contribution in [3.63, 3.8) is 0 Å². The summed E-state index contributed by atoms with van der Waals surface area (Å²) in [6.45, 7) is 2.53. The fourth-order valence-electron chi connectivity index (χ4n) is 2.97. The smallest absolute Gasteiger partial charge is 0.178 e.